The summed E-state index contributed by atoms with van der Waals surface area (Å²) in [6, 6.07) is 0. The molecule has 0 aromatic heterocycles. The standard InChI is InChI=1S/C15H24O3/c1-6-14(2,3)13(17)18-12-8-11(16)9-7-10(12)15(9,4)5/h8-11,16H,6-7H2,1-5H3/t9-,10+,11?/m1/s1. The molecule has 0 aliphatic heterocycles. The molecule has 3 atom stereocenters. The monoisotopic (exact) mass is 252 g/mol. The van der Waals surface area contributed by atoms with Crippen LogP contribution in [0.5, 0.6) is 0 Å². The Hall–Kier alpha value is -0.830. The molecular formula is C15H24O3. The number of aliphatic hydroxyl groups excluding tert-OH is 1. The summed E-state index contributed by atoms with van der Waals surface area (Å²) in [6.07, 6.45) is 2.93. The summed E-state index contributed by atoms with van der Waals surface area (Å²) in [5, 5.41) is 10.0. The quantitative estimate of drug-likeness (QED) is 0.786. The van der Waals surface area contributed by atoms with Gasteiger partial charge in [0.1, 0.15) is 5.76 Å². The maximum absolute atomic E-state index is 12.1. The van der Waals surface area contributed by atoms with E-state index in [9.17, 15) is 9.90 Å². The van der Waals surface area contributed by atoms with Crippen LogP contribution in [0.15, 0.2) is 11.8 Å². The Morgan fingerprint density at radius 3 is 2.61 bits per heavy atom. The van der Waals surface area contributed by atoms with Crippen LogP contribution < -0.4 is 0 Å². The lowest BCUT2D eigenvalue weighted by Gasteiger charge is -2.57. The largest absolute Gasteiger partial charge is 0.431 e. The second-order valence-electron chi connectivity index (χ2n) is 6.90. The molecule has 0 spiro atoms. The van der Waals surface area contributed by atoms with Crippen molar-refractivity contribution in [2.75, 3.05) is 0 Å². The number of allylic oxidation sites excluding steroid dienone is 1. The van der Waals surface area contributed by atoms with E-state index in [-0.39, 0.29) is 17.3 Å². The number of aliphatic hydroxyl groups is 1. The van der Waals surface area contributed by atoms with E-state index in [1.54, 1.807) is 6.08 Å². The van der Waals surface area contributed by atoms with Gasteiger partial charge in [0.05, 0.1) is 11.5 Å². The highest BCUT2D eigenvalue weighted by atomic mass is 16.5. The van der Waals surface area contributed by atoms with Crippen molar-refractivity contribution in [2.24, 2.45) is 22.7 Å². The smallest absolute Gasteiger partial charge is 0.316 e. The molecule has 102 valence electrons. The van der Waals surface area contributed by atoms with Gasteiger partial charge < -0.3 is 9.84 Å². The molecule has 3 aliphatic rings. The third kappa shape index (κ3) is 1.89. The van der Waals surface area contributed by atoms with E-state index in [0.29, 0.717) is 11.7 Å². The maximum Gasteiger partial charge on any atom is 0.316 e. The molecule has 3 rings (SSSR count). The van der Waals surface area contributed by atoms with Gasteiger partial charge in [0.15, 0.2) is 0 Å². The van der Waals surface area contributed by atoms with Gasteiger partial charge in [-0.2, -0.15) is 0 Å². The average molecular weight is 252 g/mol. The minimum atomic E-state index is -0.475. The molecule has 18 heavy (non-hydrogen) atoms. The van der Waals surface area contributed by atoms with Gasteiger partial charge in [0.2, 0.25) is 0 Å². The number of carbonyl (C=O) groups is 1. The van der Waals surface area contributed by atoms with Crippen molar-refractivity contribution in [1.29, 1.82) is 0 Å². The minimum Gasteiger partial charge on any atom is -0.431 e. The Bertz CT molecular complexity index is 393. The minimum absolute atomic E-state index is 0.0418. The molecule has 0 aromatic carbocycles. The first-order valence-electron chi connectivity index (χ1n) is 6.82. The van der Waals surface area contributed by atoms with Gasteiger partial charge in [-0.05, 0) is 44.1 Å². The molecule has 1 N–H and O–H groups in total. The lowest BCUT2D eigenvalue weighted by Crippen LogP contribution is -2.54. The van der Waals surface area contributed by atoms with Crippen LogP contribution in [-0.4, -0.2) is 17.2 Å². The van der Waals surface area contributed by atoms with E-state index in [2.05, 4.69) is 13.8 Å². The third-order valence-electron chi connectivity index (χ3n) is 5.08. The highest BCUT2D eigenvalue weighted by Crippen LogP contribution is 2.59. The van der Waals surface area contributed by atoms with Gasteiger partial charge in [-0.1, -0.05) is 20.8 Å². The van der Waals surface area contributed by atoms with Gasteiger partial charge in [-0.15, -0.1) is 0 Å². The van der Waals surface area contributed by atoms with E-state index in [4.69, 9.17) is 4.74 Å². The first kappa shape index (κ1) is 13.6. The third-order valence-corrected chi connectivity index (χ3v) is 5.08. The molecule has 0 radical (unpaired) electrons. The Labute approximate surface area is 109 Å². The molecule has 1 saturated carbocycles. The van der Waals surface area contributed by atoms with Gasteiger partial charge in [-0.25, -0.2) is 0 Å². The Kier molecular flexibility index (Phi) is 3.09. The lowest BCUT2D eigenvalue weighted by molar-refractivity contribution is -0.158. The normalized spacial score (nSPS) is 33.4. The summed E-state index contributed by atoms with van der Waals surface area (Å²) in [5.41, 5.74) is -0.420. The predicted octanol–water partition coefficient (Wildman–Crippen LogP) is 2.89. The van der Waals surface area contributed by atoms with Crippen LogP contribution in [0.2, 0.25) is 0 Å². The molecule has 3 nitrogen and oxygen atoms in total. The molecule has 0 heterocycles. The molecule has 3 aliphatic carbocycles. The van der Waals surface area contributed by atoms with Gasteiger partial charge >= 0.3 is 5.97 Å². The molecule has 1 fully saturated rings. The average Bonchev–Trinajstić information content (AvgIpc) is 2.27. The van der Waals surface area contributed by atoms with Gasteiger partial charge in [0.25, 0.3) is 0 Å². The van der Waals surface area contributed by atoms with Crippen molar-refractivity contribution in [3.05, 3.63) is 11.8 Å². The van der Waals surface area contributed by atoms with Crippen LogP contribution in [0.3, 0.4) is 0 Å². The van der Waals surface area contributed by atoms with Crippen LogP contribution in [-0.2, 0) is 9.53 Å². The summed E-state index contributed by atoms with van der Waals surface area (Å²) < 4.78 is 5.57. The zero-order chi connectivity index (χ0) is 13.7. The van der Waals surface area contributed by atoms with Crippen molar-refractivity contribution >= 4 is 5.97 Å². The zero-order valence-corrected chi connectivity index (χ0v) is 12.0. The topological polar surface area (TPSA) is 46.5 Å². The number of hydrogen-bond donors (Lipinski definition) is 1. The van der Waals surface area contributed by atoms with Crippen molar-refractivity contribution in [2.45, 2.75) is 53.6 Å². The first-order valence-corrected chi connectivity index (χ1v) is 6.82. The second kappa shape index (κ2) is 4.09. The number of hydrogen-bond acceptors (Lipinski definition) is 3. The summed E-state index contributed by atoms with van der Waals surface area (Å²) >= 11 is 0. The van der Waals surface area contributed by atoms with E-state index in [0.717, 1.165) is 12.8 Å². The van der Waals surface area contributed by atoms with Crippen LogP contribution in [0.25, 0.3) is 0 Å². The van der Waals surface area contributed by atoms with Crippen molar-refractivity contribution in [1.82, 2.24) is 0 Å². The Morgan fingerprint density at radius 1 is 1.56 bits per heavy atom. The number of ether oxygens (including phenoxy) is 1. The van der Waals surface area contributed by atoms with Crippen LogP contribution in [0.1, 0.15) is 47.5 Å². The fourth-order valence-corrected chi connectivity index (χ4v) is 2.92. The highest BCUT2D eigenvalue weighted by Gasteiger charge is 2.56. The molecule has 0 amide bonds. The highest BCUT2D eigenvalue weighted by molar-refractivity contribution is 5.77. The summed E-state index contributed by atoms with van der Waals surface area (Å²) in [5.74, 6) is 1.08. The van der Waals surface area contributed by atoms with Gasteiger partial charge in [-0.3, -0.25) is 4.79 Å². The Morgan fingerprint density at radius 2 is 2.17 bits per heavy atom. The van der Waals surface area contributed by atoms with Crippen LogP contribution in [0, 0.1) is 22.7 Å². The zero-order valence-electron chi connectivity index (χ0n) is 12.0. The summed E-state index contributed by atoms with van der Waals surface area (Å²) in [6.45, 7) is 10.0. The SMILES string of the molecule is CCC(C)(C)C(=O)OC1=CC(O)[C@H]2C[C@@H]1C2(C)C. The molecule has 0 aromatic rings. The first-order chi connectivity index (χ1) is 8.20. The van der Waals surface area contributed by atoms with Crippen LogP contribution >= 0.6 is 0 Å². The van der Waals surface area contributed by atoms with Crippen LogP contribution in [0.4, 0.5) is 0 Å². The fraction of sp³-hybridized carbons (Fsp3) is 0.800. The molecular weight excluding hydrogens is 228 g/mol. The number of fused-ring (bicyclic) bond motifs is 1. The molecule has 3 heteroatoms. The Balaban J connectivity index is 2.14. The fourth-order valence-electron chi connectivity index (χ4n) is 2.92. The van der Waals surface area contributed by atoms with Gasteiger partial charge in [0, 0.05) is 5.92 Å². The number of esters is 1. The van der Waals surface area contributed by atoms with E-state index >= 15 is 0 Å². The predicted molar refractivity (Wildman–Crippen MR) is 69.6 cm³/mol. The summed E-state index contributed by atoms with van der Waals surface area (Å²) in [7, 11) is 0. The summed E-state index contributed by atoms with van der Waals surface area (Å²) in [4.78, 5) is 12.1. The maximum atomic E-state index is 12.1. The molecule has 0 saturated heterocycles. The molecule has 1 unspecified atom stereocenters. The van der Waals surface area contributed by atoms with E-state index in [1.165, 1.54) is 0 Å². The second-order valence-corrected chi connectivity index (χ2v) is 6.90. The lowest BCUT2D eigenvalue weighted by atomic mass is 9.49. The van der Waals surface area contributed by atoms with E-state index < -0.39 is 11.5 Å². The van der Waals surface area contributed by atoms with E-state index in [1.807, 2.05) is 20.8 Å². The molecule has 2 bridgehead atoms. The van der Waals surface area contributed by atoms with Crippen molar-refractivity contribution < 1.29 is 14.6 Å². The number of carbonyl (C=O) groups excluding carboxylic acids is 1. The van der Waals surface area contributed by atoms with Crippen molar-refractivity contribution in [3.63, 3.8) is 0 Å². The van der Waals surface area contributed by atoms with Crippen molar-refractivity contribution in [3.8, 4) is 0 Å². The number of rotatable bonds is 3.